The highest BCUT2D eigenvalue weighted by Crippen LogP contribution is 2.29. The third-order valence-corrected chi connectivity index (χ3v) is 3.20. The van der Waals surface area contributed by atoms with Crippen LogP contribution in [0.3, 0.4) is 0 Å². The van der Waals surface area contributed by atoms with Crippen molar-refractivity contribution in [1.29, 1.82) is 0 Å². The summed E-state index contributed by atoms with van der Waals surface area (Å²) in [7, 11) is 0. The van der Waals surface area contributed by atoms with E-state index in [9.17, 15) is 25.0 Å². The highest BCUT2D eigenvalue weighted by atomic mass is 16.6. The predicted octanol–water partition coefficient (Wildman–Crippen LogP) is -1.92. The molecule has 0 amide bonds. The van der Waals surface area contributed by atoms with Gasteiger partial charge in [0, 0.05) is 6.07 Å². The number of carboxylic acids is 1. The lowest BCUT2D eigenvalue weighted by Gasteiger charge is -2.36. The lowest BCUT2D eigenvalue weighted by molar-refractivity contribution is -0.394. The highest BCUT2D eigenvalue weighted by Gasteiger charge is 2.46. The number of hydrogen-bond donors (Lipinski definition) is 6. The van der Waals surface area contributed by atoms with Crippen LogP contribution in [-0.4, -0.2) is 77.2 Å². The van der Waals surface area contributed by atoms with Gasteiger partial charge in [-0.05, 0) is 6.07 Å². The molecule has 144 valence electrons. The number of aliphatic hydroxyl groups is 4. The van der Waals surface area contributed by atoms with Gasteiger partial charge in [-0.25, -0.2) is 4.79 Å². The molecule has 14 heteroatoms. The molecule has 0 spiro atoms. The van der Waals surface area contributed by atoms with E-state index in [0.717, 1.165) is 12.1 Å². The zero-order valence-corrected chi connectivity index (χ0v) is 12.6. The highest BCUT2D eigenvalue weighted by molar-refractivity contribution is 5.73. The molecule has 1 aliphatic heterocycles. The number of rotatable bonds is 3. The molecule has 0 aliphatic carbocycles. The fourth-order valence-electron chi connectivity index (χ4n) is 1.84. The van der Waals surface area contributed by atoms with E-state index in [1.54, 1.807) is 0 Å². The Morgan fingerprint density at radius 3 is 2.04 bits per heavy atom. The van der Waals surface area contributed by atoms with E-state index in [1.807, 2.05) is 0 Å². The number of phenols is 1. The smallest absolute Gasteiger partial charge is 0.335 e. The van der Waals surface area contributed by atoms with Gasteiger partial charge >= 0.3 is 11.7 Å². The molecule has 6 N–H and O–H groups in total. The SMILES string of the molecule is O=C(O)[C@H]1O[C@@H](O)[C@H](O)[C@@H](O)[C@@H]1O.O=[N+]([O-])c1ccc(O)c([N+](=O)[O-])c1. The van der Waals surface area contributed by atoms with Crippen molar-refractivity contribution in [2.45, 2.75) is 30.7 Å². The fourth-order valence-corrected chi connectivity index (χ4v) is 1.84. The summed E-state index contributed by atoms with van der Waals surface area (Å²) in [5.41, 5.74) is -1.10. The van der Waals surface area contributed by atoms with Crippen LogP contribution in [0.2, 0.25) is 0 Å². The Balaban J connectivity index is 0.000000260. The standard InChI is InChI=1S/C6H4N2O5.C6H10O7/c9-6-2-1-4(7(10)11)3-5(6)8(12)13;7-1-2(8)4(5(10)11)13-6(12)3(1)9/h1-3,9H;1-4,6-9,12H,(H,10,11)/t;1-,2-,3+,4-,6+/m.0/s1. The maximum atomic E-state index is 10.4. The second-order valence-electron chi connectivity index (χ2n) is 4.94. The minimum Gasteiger partial charge on any atom is -0.502 e. The van der Waals surface area contributed by atoms with E-state index in [-0.39, 0.29) is 0 Å². The Morgan fingerprint density at radius 2 is 1.58 bits per heavy atom. The van der Waals surface area contributed by atoms with Crippen LogP contribution in [0.25, 0.3) is 0 Å². The van der Waals surface area contributed by atoms with Gasteiger partial charge in [-0.15, -0.1) is 0 Å². The summed E-state index contributed by atoms with van der Waals surface area (Å²) < 4.78 is 4.34. The molecular weight excluding hydrogens is 364 g/mol. The number of benzene rings is 1. The average Bonchev–Trinajstić information content (AvgIpc) is 2.56. The Hall–Kier alpha value is -2.91. The predicted molar refractivity (Wildman–Crippen MR) is 78.0 cm³/mol. The van der Waals surface area contributed by atoms with Crippen LogP contribution >= 0.6 is 0 Å². The first-order valence-corrected chi connectivity index (χ1v) is 6.69. The third kappa shape index (κ3) is 4.80. The minimum absolute atomic E-state index is 0.426. The first kappa shape index (κ1) is 21.1. The van der Waals surface area contributed by atoms with Crippen LogP contribution in [0.4, 0.5) is 11.4 Å². The molecule has 2 rings (SSSR count). The molecule has 1 fully saturated rings. The van der Waals surface area contributed by atoms with Gasteiger partial charge in [0.15, 0.2) is 18.1 Å². The van der Waals surface area contributed by atoms with Crippen LogP contribution < -0.4 is 0 Å². The number of carboxylic acid groups (broad SMARTS) is 1. The zero-order chi connectivity index (χ0) is 20.2. The number of nitrogens with zero attached hydrogens (tertiary/aromatic N) is 2. The van der Waals surface area contributed by atoms with Crippen LogP contribution in [0.15, 0.2) is 18.2 Å². The number of non-ortho nitro benzene ring substituents is 1. The summed E-state index contributed by atoms with van der Waals surface area (Å²) in [6.07, 6.45) is -8.72. The van der Waals surface area contributed by atoms with Crippen molar-refractivity contribution in [3.63, 3.8) is 0 Å². The van der Waals surface area contributed by atoms with Crippen molar-refractivity contribution in [1.82, 2.24) is 0 Å². The maximum Gasteiger partial charge on any atom is 0.335 e. The molecule has 1 aromatic carbocycles. The van der Waals surface area contributed by atoms with Gasteiger partial charge in [-0.3, -0.25) is 20.2 Å². The average molecular weight is 378 g/mol. The lowest BCUT2D eigenvalue weighted by Crippen LogP contribution is -2.59. The number of phenolic OH excluding ortho intramolecular Hbond substituents is 1. The molecule has 0 aromatic heterocycles. The van der Waals surface area contributed by atoms with E-state index in [0.29, 0.717) is 6.07 Å². The molecule has 1 aliphatic rings. The van der Waals surface area contributed by atoms with Crippen molar-refractivity contribution in [2.75, 3.05) is 0 Å². The van der Waals surface area contributed by atoms with E-state index in [1.165, 1.54) is 0 Å². The number of nitro groups is 2. The summed E-state index contributed by atoms with van der Waals surface area (Å²) in [6.45, 7) is 0. The van der Waals surface area contributed by atoms with Gasteiger partial charge in [0.25, 0.3) is 5.69 Å². The summed E-state index contributed by atoms with van der Waals surface area (Å²) >= 11 is 0. The summed E-state index contributed by atoms with van der Waals surface area (Å²) in [4.78, 5) is 29.1. The Bertz CT molecular complexity index is 695. The van der Waals surface area contributed by atoms with Crippen LogP contribution in [0.5, 0.6) is 5.75 Å². The van der Waals surface area contributed by atoms with E-state index in [2.05, 4.69) is 4.74 Å². The second kappa shape index (κ2) is 8.45. The normalized spacial score (nSPS) is 27.8. The van der Waals surface area contributed by atoms with Crippen molar-refractivity contribution >= 4 is 17.3 Å². The molecule has 1 saturated heterocycles. The zero-order valence-electron chi connectivity index (χ0n) is 12.6. The molecule has 26 heavy (non-hydrogen) atoms. The number of nitro benzene ring substituents is 2. The molecule has 0 saturated carbocycles. The fraction of sp³-hybridized carbons (Fsp3) is 0.417. The Labute approximate surface area is 143 Å². The lowest BCUT2D eigenvalue weighted by atomic mass is 9.99. The number of ether oxygens (including phenoxy) is 1. The number of aliphatic carboxylic acids is 1. The monoisotopic (exact) mass is 378 g/mol. The topological polar surface area (TPSA) is 234 Å². The van der Waals surface area contributed by atoms with Crippen LogP contribution in [-0.2, 0) is 9.53 Å². The van der Waals surface area contributed by atoms with E-state index in [4.69, 9.17) is 30.6 Å². The molecular formula is C12H14N2O12. The maximum absolute atomic E-state index is 10.4. The number of hydrogen-bond acceptors (Lipinski definition) is 11. The summed E-state index contributed by atoms with van der Waals surface area (Å²) in [5, 5.41) is 73.7. The van der Waals surface area contributed by atoms with Gasteiger partial charge in [0.1, 0.15) is 18.3 Å². The molecule has 1 aromatic rings. The summed E-state index contributed by atoms with van der Waals surface area (Å²) in [5.74, 6) is -2.10. The first-order chi connectivity index (χ1) is 12.0. The van der Waals surface area contributed by atoms with Crippen molar-refractivity contribution in [3.8, 4) is 5.75 Å². The molecule has 0 bridgehead atoms. The second-order valence-corrected chi connectivity index (χ2v) is 4.94. The van der Waals surface area contributed by atoms with Gasteiger partial charge < -0.3 is 35.4 Å². The molecule has 14 nitrogen and oxygen atoms in total. The third-order valence-electron chi connectivity index (χ3n) is 3.20. The van der Waals surface area contributed by atoms with Gasteiger partial charge in [0.2, 0.25) is 0 Å². The van der Waals surface area contributed by atoms with E-state index < -0.39 is 63.6 Å². The van der Waals surface area contributed by atoms with Gasteiger partial charge in [-0.2, -0.15) is 0 Å². The molecule has 1 heterocycles. The van der Waals surface area contributed by atoms with Gasteiger partial charge in [0.05, 0.1) is 15.9 Å². The molecule has 0 unspecified atom stereocenters. The summed E-state index contributed by atoms with van der Waals surface area (Å²) in [6, 6.07) is 2.61. The largest absolute Gasteiger partial charge is 0.502 e. The minimum atomic E-state index is -1.81. The Morgan fingerprint density at radius 1 is 1.00 bits per heavy atom. The molecule has 0 radical (unpaired) electrons. The molecule has 5 atom stereocenters. The van der Waals surface area contributed by atoms with E-state index >= 15 is 0 Å². The Kier molecular flexibility index (Phi) is 6.87. The van der Waals surface area contributed by atoms with Crippen molar-refractivity contribution < 1.29 is 50.0 Å². The number of aromatic hydroxyl groups is 1. The van der Waals surface area contributed by atoms with Gasteiger partial charge in [-0.1, -0.05) is 0 Å². The van der Waals surface area contributed by atoms with Crippen LogP contribution in [0, 0.1) is 20.2 Å². The number of carbonyl (C=O) groups is 1. The van der Waals surface area contributed by atoms with Crippen LogP contribution in [0.1, 0.15) is 0 Å². The number of aliphatic hydroxyl groups excluding tert-OH is 4. The first-order valence-electron chi connectivity index (χ1n) is 6.69. The quantitative estimate of drug-likeness (QED) is 0.249. The van der Waals surface area contributed by atoms with Crippen molar-refractivity contribution in [2.24, 2.45) is 0 Å². The van der Waals surface area contributed by atoms with Crippen molar-refractivity contribution in [3.05, 3.63) is 38.4 Å².